The molecule has 0 unspecified atom stereocenters. The third kappa shape index (κ3) is 6.89. The van der Waals surface area contributed by atoms with Crippen molar-refractivity contribution in [2.75, 3.05) is 11.9 Å². The molecule has 1 amide bonds. The van der Waals surface area contributed by atoms with Crippen molar-refractivity contribution in [3.63, 3.8) is 0 Å². The molecule has 1 heterocycles. The Balaban J connectivity index is 1.36. The average molecular weight is 522 g/mol. The third-order valence-electron chi connectivity index (χ3n) is 5.86. The first kappa shape index (κ1) is 26.2. The summed E-state index contributed by atoms with van der Waals surface area (Å²) in [5.74, 6) is -2.71. The lowest BCUT2D eigenvalue weighted by Crippen LogP contribution is -2.15. The molecule has 0 bridgehead atoms. The van der Waals surface area contributed by atoms with Crippen LogP contribution in [0.15, 0.2) is 85.2 Å². The smallest absolute Gasteiger partial charge is 0.273 e. The molecule has 37 heavy (non-hydrogen) atoms. The first-order valence-electron chi connectivity index (χ1n) is 11.9. The van der Waals surface area contributed by atoms with Crippen LogP contribution in [-0.4, -0.2) is 22.5 Å². The van der Waals surface area contributed by atoms with Gasteiger partial charge in [-0.15, -0.1) is 0 Å². The van der Waals surface area contributed by atoms with Crippen LogP contribution >= 0.6 is 11.6 Å². The van der Waals surface area contributed by atoms with Crippen LogP contribution in [0.25, 0.3) is 11.3 Å². The van der Waals surface area contributed by atoms with Gasteiger partial charge in [0.2, 0.25) is 11.8 Å². The lowest BCUT2D eigenvalue weighted by molar-refractivity contribution is -0.115. The molecule has 0 spiro atoms. The minimum absolute atomic E-state index is 0.0500. The molecule has 0 aliphatic carbocycles. The summed E-state index contributed by atoms with van der Waals surface area (Å²) in [6.07, 6.45) is 3.59. The number of carbonyl (C=O) groups excluding carboxylic acids is 1. The topological polar surface area (TPSA) is 64.1 Å². The quantitative estimate of drug-likeness (QED) is 0.242. The van der Waals surface area contributed by atoms with E-state index in [4.69, 9.17) is 16.3 Å². The summed E-state index contributed by atoms with van der Waals surface area (Å²) < 4.78 is 33.5. The summed E-state index contributed by atoms with van der Waals surface area (Å²) >= 11 is 6.22. The summed E-state index contributed by atoms with van der Waals surface area (Å²) in [4.78, 5) is 21.2. The van der Waals surface area contributed by atoms with Crippen molar-refractivity contribution >= 4 is 23.2 Å². The molecule has 5 nitrogen and oxygen atoms in total. The predicted molar refractivity (Wildman–Crippen MR) is 141 cm³/mol. The summed E-state index contributed by atoms with van der Waals surface area (Å²) in [5, 5.41) is 3.52. The van der Waals surface area contributed by atoms with E-state index in [1.165, 1.54) is 19.1 Å². The van der Waals surface area contributed by atoms with Crippen LogP contribution in [-0.2, 0) is 23.6 Å². The monoisotopic (exact) mass is 521 g/mol. The van der Waals surface area contributed by atoms with Gasteiger partial charge in [-0.3, -0.25) is 4.79 Å². The maximum atomic E-state index is 13.8. The third-order valence-corrected chi connectivity index (χ3v) is 6.23. The molecule has 0 atom stereocenters. The van der Waals surface area contributed by atoms with Gasteiger partial charge in [0.1, 0.15) is 5.69 Å². The second-order valence-electron chi connectivity index (χ2n) is 8.46. The van der Waals surface area contributed by atoms with Crippen LogP contribution in [0.5, 0.6) is 5.88 Å². The zero-order valence-electron chi connectivity index (χ0n) is 20.3. The van der Waals surface area contributed by atoms with E-state index in [2.05, 4.69) is 15.3 Å². The Bertz CT molecular complexity index is 1350. The van der Waals surface area contributed by atoms with Crippen molar-refractivity contribution in [3.8, 4) is 17.1 Å². The Labute approximate surface area is 219 Å². The van der Waals surface area contributed by atoms with E-state index in [9.17, 15) is 13.6 Å². The number of anilines is 1. The Hall–Kier alpha value is -3.84. The molecule has 8 heteroatoms. The van der Waals surface area contributed by atoms with E-state index in [1.807, 2.05) is 36.4 Å². The number of nitrogens with one attached hydrogen (secondary N) is 1. The van der Waals surface area contributed by atoms with Gasteiger partial charge < -0.3 is 10.1 Å². The van der Waals surface area contributed by atoms with Crippen molar-refractivity contribution in [1.29, 1.82) is 0 Å². The number of carbonyl (C=O) groups is 1. The number of rotatable bonds is 10. The second kappa shape index (κ2) is 11.9. The first-order valence-corrected chi connectivity index (χ1v) is 12.3. The fourth-order valence-electron chi connectivity index (χ4n) is 3.76. The normalized spacial score (nSPS) is 11.2. The lowest BCUT2D eigenvalue weighted by Gasteiger charge is -2.14. The van der Waals surface area contributed by atoms with E-state index in [0.29, 0.717) is 40.9 Å². The van der Waals surface area contributed by atoms with Crippen LogP contribution in [0, 0.1) is 0 Å². The Kier molecular flexibility index (Phi) is 8.46. The number of amides is 1. The number of nitrogens with zero attached hydrogens (tertiary/aromatic N) is 2. The molecule has 1 aromatic heterocycles. The molecule has 0 aliphatic rings. The zero-order chi connectivity index (χ0) is 26.3. The zero-order valence-corrected chi connectivity index (χ0v) is 21.0. The number of ether oxygens (including phenoxy) is 1. The first-order chi connectivity index (χ1) is 17.9. The van der Waals surface area contributed by atoms with Gasteiger partial charge >= 0.3 is 0 Å². The Morgan fingerprint density at radius 3 is 2.38 bits per heavy atom. The van der Waals surface area contributed by atoms with E-state index in [0.717, 1.165) is 11.1 Å². The Morgan fingerprint density at radius 2 is 1.68 bits per heavy atom. The molecule has 1 N–H and O–H groups in total. The molecule has 0 fully saturated rings. The largest absolute Gasteiger partial charge is 0.476 e. The minimum atomic E-state index is -2.87. The van der Waals surface area contributed by atoms with Gasteiger partial charge in [-0.25, -0.2) is 18.7 Å². The lowest BCUT2D eigenvalue weighted by atomic mass is 10.0. The highest BCUT2D eigenvalue weighted by Gasteiger charge is 2.28. The fraction of sp³-hybridized carbons (Fsp3) is 0.207. The van der Waals surface area contributed by atoms with Gasteiger partial charge in [-0.1, -0.05) is 73.1 Å². The summed E-state index contributed by atoms with van der Waals surface area (Å²) in [6, 6.07) is 20.6. The minimum Gasteiger partial charge on any atom is -0.476 e. The van der Waals surface area contributed by atoms with E-state index >= 15 is 0 Å². The number of hydrogen-bond acceptors (Lipinski definition) is 4. The van der Waals surface area contributed by atoms with Gasteiger partial charge in [0.25, 0.3) is 5.92 Å². The molecular weight excluding hydrogens is 496 g/mol. The predicted octanol–water partition coefficient (Wildman–Crippen LogP) is 7.10. The second-order valence-corrected chi connectivity index (χ2v) is 8.86. The van der Waals surface area contributed by atoms with E-state index in [1.54, 1.807) is 36.7 Å². The van der Waals surface area contributed by atoms with Crippen LogP contribution < -0.4 is 10.1 Å². The number of hydrogen-bond donors (Lipinski definition) is 1. The maximum Gasteiger partial charge on any atom is 0.273 e. The highest BCUT2D eigenvalue weighted by molar-refractivity contribution is 6.31. The summed E-state index contributed by atoms with van der Waals surface area (Å²) in [6.45, 7) is 1.83. The van der Waals surface area contributed by atoms with Crippen LogP contribution in [0.2, 0.25) is 5.02 Å². The van der Waals surface area contributed by atoms with Crippen LogP contribution in [0.4, 0.5) is 14.5 Å². The van der Waals surface area contributed by atoms with Gasteiger partial charge in [-0.2, -0.15) is 0 Å². The SMILES string of the molecule is CCC(F)(F)c1ccc(CC(=O)Nc2ccc(-c3nccnc3OCCc3ccccc3Cl)cc2)cc1. The molecule has 3 aromatic carbocycles. The fourth-order valence-corrected chi connectivity index (χ4v) is 3.99. The molecule has 0 radical (unpaired) electrons. The maximum absolute atomic E-state index is 13.8. The molecule has 0 saturated carbocycles. The Morgan fingerprint density at radius 1 is 0.973 bits per heavy atom. The summed E-state index contributed by atoms with van der Waals surface area (Å²) in [5.41, 5.74) is 3.57. The number of aromatic nitrogens is 2. The van der Waals surface area contributed by atoms with E-state index < -0.39 is 5.92 Å². The molecule has 4 rings (SSSR count). The molecule has 0 aliphatic heterocycles. The standard InChI is InChI=1S/C29H26ClF2N3O2/c1-2-29(31,32)23-11-7-20(8-12-23)19-26(36)35-24-13-9-22(10-14-24)27-28(34-17-16-33-27)37-18-15-21-5-3-4-6-25(21)30/h3-14,16-17H,2,15,18-19H2,1H3,(H,35,36). The molecule has 4 aromatic rings. The number of halogens is 3. The molecule has 0 saturated heterocycles. The average Bonchev–Trinajstić information content (AvgIpc) is 2.91. The van der Waals surface area contributed by atoms with E-state index in [-0.39, 0.29) is 24.3 Å². The van der Waals surface area contributed by atoms with Gasteiger partial charge in [0, 0.05) is 47.1 Å². The van der Waals surface area contributed by atoms with Crippen LogP contribution in [0.1, 0.15) is 30.0 Å². The molecular formula is C29H26ClF2N3O2. The number of alkyl halides is 2. The number of benzene rings is 3. The van der Waals surface area contributed by atoms with Gasteiger partial charge in [0.15, 0.2) is 0 Å². The molecule has 190 valence electrons. The van der Waals surface area contributed by atoms with Crippen molar-refractivity contribution < 1.29 is 18.3 Å². The van der Waals surface area contributed by atoms with Crippen molar-refractivity contribution in [2.24, 2.45) is 0 Å². The van der Waals surface area contributed by atoms with Crippen molar-refractivity contribution in [3.05, 3.63) is 107 Å². The summed E-state index contributed by atoms with van der Waals surface area (Å²) in [7, 11) is 0. The van der Waals surface area contributed by atoms with Crippen LogP contribution in [0.3, 0.4) is 0 Å². The van der Waals surface area contributed by atoms with Gasteiger partial charge in [-0.05, 0) is 29.3 Å². The van der Waals surface area contributed by atoms with Gasteiger partial charge in [0.05, 0.1) is 13.0 Å². The highest BCUT2D eigenvalue weighted by Crippen LogP contribution is 2.31. The highest BCUT2D eigenvalue weighted by atomic mass is 35.5. The van der Waals surface area contributed by atoms with Crippen molar-refractivity contribution in [2.45, 2.75) is 32.1 Å². The van der Waals surface area contributed by atoms with Crippen molar-refractivity contribution in [1.82, 2.24) is 9.97 Å².